The predicted molar refractivity (Wildman–Crippen MR) is 316 cm³/mol. The summed E-state index contributed by atoms with van der Waals surface area (Å²) in [4.78, 5) is 49.0. The molecule has 404 valence electrons. The van der Waals surface area contributed by atoms with Gasteiger partial charge in [-0.3, -0.25) is 29.7 Å². The number of pyridine rings is 1. The lowest BCUT2D eigenvalue weighted by Gasteiger charge is -2.25. The molecular formula is C62H56F3N11O2S2. The number of thioether (sulfide) groups is 2. The van der Waals surface area contributed by atoms with Gasteiger partial charge in [0.05, 0.1) is 40.7 Å². The third-order valence-corrected chi connectivity index (χ3v) is 17.6. The molecule has 2 amide bonds. The maximum atomic E-state index is 16.2. The van der Waals surface area contributed by atoms with Crippen LogP contribution < -0.4 is 21.3 Å². The minimum atomic E-state index is -0.444. The largest absolute Gasteiger partial charge is 0.363 e. The average molecular weight is 1110 g/mol. The first-order chi connectivity index (χ1) is 38.5. The van der Waals surface area contributed by atoms with Crippen molar-refractivity contribution in [3.05, 3.63) is 170 Å². The van der Waals surface area contributed by atoms with Crippen LogP contribution in [-0.4, -0.2) is 55.2 Å². The number of amidine groups is 1. The third kappa shape index (κ3) is 10.1. The summed E-state index contributed by atoms with van der Waals surface area (Å²) in [7, 11) is 0. The van der Waals surface area contributed by atoms with Crippen molar-refractivity contribution in [2.75, 3.05) is 27.9 Å². The highest BCUT2D eigenvalue weighted by Crippen LogP contribution is 2.52. The molecule has 5 aromatic carbocycles. The van der Waals surface area contributed by atoms with E-state index in [1.165, 1.54) is 17.8 Å². The van der Waals surface area contributed by atoms with E-state index in [0.717, 1.165) is 91.3 Å². The number of carbonyl (C=O) groups is 2. The molecule has 0 radical (unpaired) electrons. The topological polar surface area (TPSA) is 177 Å². The van der Waals surface area contributed by atoms with E-state index in [0.29, 0.717) is 88.1 Å². The molecule has 3 atom stereocenters. The molecule has 0 bridgehead atoms. The highest BCUT2D eigenvalue weighted by molar-refractivity contribution is 8.03. The third-order valence-electron chi connectivity index (χ3n) is 15.3. The van der Waals surface area contributed by atoms with Crippen molar-refractivity contribution in [3.63, 3.8) is 0 Å². The molecule has 7 heterocycles. The van der Waals surface area contributed by atoms with Crippen molar-refractivity contribution in [1.82, 2.24) is 25.1 Å². The molecule has 6 N–H and O–H groups in total. The summed E-state index contributed by atoms with van der Waals surface area (Å²) in [5, 5.41) is 21.0. The maximum absolute atomic E-state index is 16.2. The number of carbonyl (C=O) groups excluding carboxylic acids is 2. The van der Waals surface area contributed by atoms with Crippen LogP contribution in [0.5, 0.6) is 0 Å². The number of hydrogen-bond acceptors (Lipinski definition) is 11. The van der Waals surface area contributed by atoms with E-state index in [4.69, 9.17) is 20.1 Å². The number of aryl methyl sites for hydroxylation is 2. The number of anilines is 4. The van der Waals surface area contributed by atoms with Crippen LogP contribution in [0.1, 0.15) is 107 Å². The summed E-state index contributed by atoms with van der Waals surface area (Å²) in [5.74, 6) is 0.154. The first-order valence-corrected chi connectivity index (χ1v) is 28.6. The molecule has 1 fully saturated rings. The lowest BCUT2D eigenvalue weighted by Crippen LogP contribution is -2.22. The van der Waals surface area contributed by atoms with Crippen LogP contribution in [0.3, 0.4) is 0 Å². The summed E-state index contributed by atoms with van der Waals surface area (Å²) in [6, 6.07) is 25.2. The summed E-state index contributed by atoms with van der Waals surface area (Å²) in [6.45, 7) is 10.6. The summed E-state index contributed by atoms with van der Waals surface area (Å²) < 4.78 is 46.6. The van der Waals surface area contributed by atoms with Gasteiger partial charge >= 0.3 is 0 Å². The number of aliphatic imine (C=N–C) groups is 2. The zero-order chi connectivity index (χ0) is 55.1. The minimum absolute atomic E-state index is 0.00662. The Labute approximate surface area is 468 Å². The maximum Gasteiger partial charge on any atom is 0.227 e. The molecule has 13 nitrogen and oxygen atoms in total. The van der Waals surface area contributed by atoms with Crippen molar-refractivity contribution in [2.24, 2.45) is 27.2 Å². The van der Waals surface area contributed by atoms with Gasteiger partial charge in [-0.05, 0) is 150 Å². The van der Waals surface area contributed by atoms with Crippen LogP contribution >= 0.6 is 23.5 Å². The number of aromatic nitrogens is 5. The smallest absolute Gasteiger partial charge is 0.227 e. The van der Waals surface area contributed by atoms with Gasteiger partial charge in [0.25, 0.3) is 0 Å². The Balaban J connectivity index is 0.848. The number of H-pyrrole nitrogens is 2. The van der Waals surface area contributed by atoms with Gasteiger partial charge < -0.3 is 26.3 Å². The molecular weight excluding hydrogens is 1050 g/mol. The second-order valence-corrected chi connectivity index (χ2v) is 25.0. The molecule has 8 aromatic rings. The van der Waals surface area contributed by atoms with Gasteiger partial charge in [0, 0.05) is 68.4 Å². The standard InChI is InChI=1S/C62H56F3N11O2S2/c1-30-15-33(19-39(16-30)71-61(78)32-10-11-32)35-22-44-54(46(63)23-35)68-29-69-56(44)60-72-47-8-6-7-42(55(47)74-60)58-37(24-50(65)80-58)18-36-17-34(38-20-40(27-66-26-38)70-51(77)25-62(3,4)5)21-43-53(36)75-76-57(43)59-67-28-45-41(48-13-14-49(64)79-48)12-9-31(2)52(45)73-59/h6-9,12,14-17,19-24,26-27,32,37,48,58,68H,10-11,13,18,25,28-29H2,1-5H3,(H,67,73)(H,70,77)(H,71,78)(H,72,74)(H,75,76). The van der Waals surface area contributed by atoms with Crippen molar-refractivity contribution in [2.45, 2.75) is 83.8 Å². The predicted octanol–water partition coefficient (Wildman–Crippen LogP) is 14.7. The van der Waals surface area contributed by atoms with Gasteiger partial charge in [-0.1, -0.05) is 74.6 Å². The summed E-state index contributed by atoms with van der Waals surface area (Å²) in [5.41, 5.74) is 14.7. The zero-order valence-electron chi connectivity index (χ0n) is 44.6. The number of imidazole rings is 1. The lowest BCUT2D eigenvalue weighted by molar-refractivity contribution is -0.118. The van der Waals surface area contributed by atoms with Crippen LogP contribution in [-0.2, 0) is 22.6 Å². The molecule has 4 aliphatic heterocycles. The molecule has 13 rings (SSSR count). The second-order valence-electron chi connectivity index (χ2n) is 22.6. The molecule has 80 heavy (non-hydrogen) atoms. The number of halogens is 3. The van der Waals surface area contributed by atoms with E-state index in [2.05, 4.69) is 60.6 Å². The molecule has 0 spiro atoms. The van der Waals surface area contributed by atoms with Crippen molar-refractivity contribution in [1.29, 1.82) is 0 Å². The number of para-hydroxylation sites is 1. The van der Waals surface area contributed by atoms with Gasteiger partial charge in [0.1, 0.15) is 23.9 Å². The van der Waals surface area contributed by atoms with E-state index in [1.807, 2.05) is 83.1 Å². The Morgan fingerprint density at radius 2 is 1.64 bits per heavy atom. The number of aromatic amines is 2. The SMILES string of the molecule is Cc1cc(NC(=O)C2CC2)cc(-c2cc(F)c3c(c2)C(c2nc4c(C5SC(F)=CC5Cc5cc(-c6cncc(NC(=O)CC(C)(C)C)c6)cc6c(C7=NCc8c(C9CC=C(F)S9)ccc(C)c8N7)[nH]nc56)cccc4[nH]2)=NCN3)c1. The van der Waals surface area contributed by atoms with E-state index in [1.54, 1.807) is 24.5 Å². The monoisotopic (exact) mass is 1110 g/mol. The van der Waals surface area contributed by atoms with Crippen LogP contribution in [0, 0.1) is 36.9 Å². The fourth-order valence-corrected chi connectivity index (χ4v) is 13.6. The number of rotatable bonds is 12. The molecule has 5 aliphatic rings. The molecule has 0 saturated heterocycles. The zero-order valence-corrected chi connectivity index (χ0v) is 46.2. The molecule has 3 unspecified atom stereocenters. The number of benzene rings is 5. The Bertz CT molecular complexity index is 4040. The number of amides is 2. The van der Waals surface area contributed by atoms with Crippen LogP contribution in [0.4, 0.5) is 35.9 Å². The van der Waals surface area contributed by atoms with Crippen molar-refractivity contribution < 1.29 is 22.8 Å². The van der Waals surface area contributed by atoms with Crippen molar-refractivity contribution >= 4 is 91.6 Å². The fraction of sp³-hybridized carbons (Fsp3) is 0.274. The number of allylic oxidation sites excluding steroid dienone is 2. The molecule has 1 aliphatic carbocycles. The Kier molecular flexibility index (Phi) is 13.1. The van der Waals surface area contributed by atoms with Gasteiger partial charge in [-0.15, -0.1) is 0 Å². The van der Waals surface area contributed by atoms with Gasteiger partial charge in [-0.2, -0.15) is 13.9 Å². The second kappa shape index (κ2) is 20.3. The molecule has 18 heteroatoms. The highest BCUT2D eigenvalue weighted by atomic mass is 32.2. The van der Waals surface area contributed by atoms with E-state index in [-0.39, 0.29) is 51.3 Å². The Hall–Kier alpha value is -7.96. The number of hydrogen-bond donors (Lipinski definition) is 6. The molecule has 3 aromatic heterocycles. The van der Waals surface area contributed by atoms with Gasteiger partial charge in [0.2, 0.25) is 11.8 Å². The van der Waals surface area contributed by atoms with Crippen LogP contribution in [0.25, 0.3) is 44.2 Å². The summed E-state index contributed by atoms with van der Waals surface area (Å²) in [6.07, 6.45) is 9.81. The van der Waals surface area contributed by atoms with Crippen LogP contribution in [0.2, 0.25) is 0 Å². The normalized spacial score (nSPS) is 18.7. The van der Waals surface area contributed by atoms with E-state index >= 15 is 8.78 Å². The fourth-order valence-electron chi connectivity index (χ4n) is 11.4. The minimum Gasteiger partial charge on any atom is -0.363 e. The van der Waals surface area contributed by atoms with Crippen LogP contribution in [0.15, 0.2) is 124 Å². The highest BCUT2D eigenvalue weighted by Gasteiger charge is 2.35. The van der Waals surface area contributed by atoms with Gasteiger partial charge in [0.15, 0.2) is 22.0 Å². The number of fused-ring (bicyclic) bond motifs is 4. The van der Waals surface area contributed by atoms with Crippen molar-refractivity contribution in [3.8, 4) is 22.3 Å². The first-order valence-electron chi connectivity index (χ1n) is 26.9. The Morgan fingerprint density at radius 1 is 0.812 bits per heavy atom. The number of nitrogens with one attached hydrogen (secondary N) is 6. The molecule has 1 saturated carbocycles. The van der Waals surface area contributed by atoms with Gasteiger partial charge in [-0.25, -0.2) is 9.37 Å². The lowest BCUT2D eigenvalue weighted by atomic mass is 9.89. The average Bonchev–Trinajstić information content (AvgIpc) is 3.93. The van der Waals surface area contributed by atoms with E-state index in [9.17, 15) is 14.0 Å². The Morgan fingerprint density at radius 3 is 2.45 bits per heavy atom. The van der Waals surface area contributed by atoms with E-state index < -0.39 is 11.1 Å². The first kappa shape index (κ1) is 51.5. The quantitative estimate of drug-likeness (QED) is 0.0695. The summed E-state index contributed by atoms with van der Waals surface area (Å²) >= 11 is 2.39. The number of nitrogens with zero attached hydrogens (tertiary/aromatic N) is 5.